The smallest absolute Gasteiger partial charge is 0.0573 e. The monoisotopic (exact) mass is 160 g/mol. The number of hydrogen-bond donors (Lipinski definition) is 1. The van der Waals surface area contributed by atoms with Crippen molar-refractivity contribution in [3.05, 3.63) is 30.5 Å². The van der Waals surface area contributed by atoms with Crippen LogP contribution in [0.25, 0.3) is 10.9 Å². The molecule has 2 aromatic rings. The largest absolute Gasteiger partial charge is 0.397 e. The maximum absolute atomic E-state index is 5.83. The minimum Gasteiger partial charge on any atom is -0.397 e. The van der Waals surface area contributed by atoms with Crippen LogP contribution in [0.5, 0.6) is 0 Å². The van der Waals surface area contributed by atoms with Crippen molar-refractivity contribution < 1.29 is 0 Å². The lowest BCUT2D eigenvalue weighted by atomic mass is 10.2. The van der Waals surface area contributed by atoms with Crippen molar-refractivity contribution >= 4 is 16.6 Å². The summed E-state index contributed by atoms with van der Waals surface area (Å²) in [4.78, 5) is 0. The summed E-state index contributed by atoms with van der Waals surface area (Å²) in [6.07, 6.45) is 1.99. The molecular formula is C10H12N2. The van der Waals surface area contributed by atoms with Gasteiger partial charge in [-0.15, -0.1) is 0 Å². The van der Waals surface area contributed by atoms with Crippen molar-refractivity contribution in [3.63, 3.8) is 0 Å². The van der Waals surface area contributed by atoms with Gasteiger partial charge in [0.2, 0.25) is 0 Å². The number of hydrogen-bond acceptors (Lipinski definition) is 1. The summed E-state index contributed by atoms with van der Waals surface area (Å²) in [5.74, 6) is 0. The van der Waals surface area contributed by atoms with Crippen LogP contribution in [0.1, 0.15) is 6.92 Å². The number of fused-ring (bicyclic) bond motifs is 1. The van der Waals surface area contributed by atoms with E-state index in [1.165, 1.54) is 5.52 Å². The third kappa shape index (κ3) is 0.881. The molecule has 2 rings (SSSR count). The summed E-state index contributed by atoms with van der Waals surface area (Å²) in [6.45, 7) is 3.09. The van der Waals surface area contributed by atoms with E-state index in [1.54, 1.807) is 0 Å². The summed E-state index contributed by atoms with van der Waals surface area (Å²) >= 11 is 0. The topological polar surface area (TPSA) is 30.9 Å². The molecule has 1 aromatic carbocycles. The molecule has 2 nitrogen and oxygen atoms in total. The molecule has 0 radical (unpaired) electrons. The van der Waals surface area contributed by atoms with E-state index in [0.29, 0.717) is 0 Å². The predicted molar refractivity (Wildman–Crippen MR) is 52.0 cm³/mol. The Bertz CT molecular complexity index is 401. The highest BCUT2D eigenvalue weighted by molar-refractivity contribution is 5.91. The first kappa shape index (κ1) is 7.22. The SMILES string of the molecule is CCn1cc(N)c2ccccc21. The van der Waals surface area contributed by atoms with E-state index in [2.05, 4.69) is 23.6 Å². The van der Waals surface area contributed by atoms with Gasteiger partial charge >= 0.3 is 0 Å². The van der Waals surface area contributed by atoms with E-state index in [9.17, 15) is 0 Å². The Morgan fingerprint density at radius 1 is 1.33 bits per heavy atom. The number of nitrogens with zero attached hydrogens (tertiary/aromatic N) is 1. The molecule has 0 saturated carbocycles. The van der Waals surface area contributed by atoms with Gasteiger partial charge in [-0.05, 0) is 13.0 Å². The fourth-order valence-corrected chi connectivity index (χ4v) is 1.54. The molecule has 0 aliphatic carbocycles. The van der Waals surface area contributed by atoms with Crippen LogP contribution in [0.15, 0.2) is 30.5 Å². The first-order valence-corrected chi connectivity index (χ1v) is 4.16. The average Bonchev–Trinajstić information content (AvgIpc) is 2.44. The van der Waals surface area contributed by atoms with E-state index in [0.717, 1.165) is 17.6 Å². The van der Waals surface area contributed by atoms with Crippen molar-refractivity contribution in [1.29, 1.82) is 0 Å². The van der Waals surface area contributed by atoms with Gasteiger partial charge in [-0.3, -0.25) is 0 Å². The Labute approximate surface area is 71.6 Å². The van der Waals surface area contributed by atoms with Gasteiger partial charge < -0.3 is 10.3 Å². The molecule has 0 aliphatic heterocycles. The molecule has 1 heterocycles. The first-order chi connectivity index (χ1) is 5.83. The van der Waals surface area contributed by atoms with Crippen LogP contribution in [0, 0.1) is 0 Å². The van der Waals surface area contributed by atoms with E-state index in [-0.39, 0.29) is 0 Å². The fourth-order valence-electron chi connectivity index (χ4n) is 1.54. The van der Waals surface area contributed by atoms with Crippen molar-refractivity contribution in [1.82, 2.24) is 4.57 Å². The lowest BCUT2D eigenvalue weighted by molar-refractivity contribution is 0.798. The molecule has 0 atom stereocenters. The number of nitrogens with two attached hydrogens (primary N) is 1. The highest BCUT2D eigenvalue weighted by Gasteiger charge is 2.01. The fraction of sp³-hybridized carbons (Fsp3) is 0.200. The number of anilines is 1. The molecule has 62 valence electrons. The minimum absolute atomic E-state index is 0.868. The van der Waals surface area contributed by atoms with Crippen LogP contribution in [0.2, 0.25) is 0 Å². The van der Waals surface area contributed by atoms with Crippen LogP contribution >= 0.6 is 0 Å². The zero-order valence-corrected chi connectivity index (χ0v) is 7.12. The molecule has 0 aliphatic rings. The van der Waals surface area contributed by atoms with Gasteiger partial charge in [-0.25, -0.2) is 0 Å². The number of rotatable bonds is 1. The Balaban J connectivity index is 2.82. The zero-order valence-electron chi connectivity index (χ0n) is 7.12. The number of para-hydroxylation sites is 1. The summed E-state index contributed by atoms with van der Waals surface area (Å²) < 4.78 is 2.16. The molecule has 1 aromatic heterocycles. The van der Waals surface area contributed by atoms with Gasteiger partial charge in [0.1, 0.15) is 0 Å². The summed E-state index contributed by atoms with van der Waals surface area (Å²) in [6, 6.07) is 8.19. The van der Waals surface area contributed by atoms with E-state index in [4.69, 9.17) is 5.73 Å². The Hall–Kier alpha value is -1.44. The lowest BCUT2D eigenvalue weighted by Crippen LogP contribution is -1.89. The maximum Gasteiger partial charge on any atom is 0.0573 e. The highest BCUT2D eigenvalue weighted by Crippen LogP contribution is 2.22. The Kier molecular flexibility index (Phi) is 1.54. The van der Waals surface area contributed by atoms with E-state index < -0.39 is 0 Å². The van der Waals surface area contributed by atoms with Gasteiger partial charge in [0.15, 0.2) is 0 Å². The third-order valence-electron chi connectivity index (χ3n) is 2.16. The first-order valence-electron chi connectivity index (χ1n) is 4.16. The van der Waals surface area contributed by atoms with Gasteiger partial charge in [0.05, 0.1) is 11.2 Å². The van der Waals surface area contributed by atoms with Crippen LogP contribution in [-0.2, 0) is 6.54 Å². The second kappa shape index (κ2) is 2.55. The molecule has 0 spiro atoms. The second-order valence-corrected chi connectivity index (χ2v) is 2.89. The summed E-state index contributed by atoms with van der Waals surface area (Å²) in [5, 5.41) is 1.15. The zero-order chi connectivity index (χ0) is 8.55. The highest BCUT2D eigenvalue weighted by atomic mass is 15.0. The maximum atomic E-state index is 5.83. The number of aromatic nitrogens is 1. The van der Waals surface area contributed by atoms with Crippen molar-refractivity contribution in [2.45, 2.75) is 13.5 Å². The number of nitrogen functional groups attached to an aromatic ring is 1. The second-order valence-electron chi connectivity index (χ2n) is 2.89. The Morgan fingerprint density at radius 2 is 2.08 bits per heavy atom. The van der Waals surface area contributed by atoms with Gasteiger partial charge in [0.25, 0.3) is 0 Å². The Morgan fingerprint density at radius 3 is 2.83 bits per heavy atom. The van der Waals surface area contributed by atoms with Crippen LogP contribution < -0.4 is 5.73 Å². The van der Waals surface area contributed by atoms with Crippen molar-refractivity contribution in [3.8, 4) is 0 Å². The molecule has 2 N–H and O–H groups in total. The molecule has 0 unspecified atom stereocenters. The summed E-state index contributed by atoms with van der Waals surface area (Å²) in [7, 11) is 0. The van der Waals surface area contributed by atoms with Gasteiger partial charge in [-0.1, -0.05) is 18.2 Å². The molecule has 0 fully saturated rings. The average molecular weight is 160 g/mol. The molecule has 0 saturated heterocycles. The molecule has 12 heavy (non-hydrogen) atoms. The molecule has 0 amide bonds. The van der Waals surface area contributed by atoms with Crippen molar-refractivity contribution in [2.75, 3.05) is 5.73 Å². The third-order valence-corrected chi connectivity index (χ3v) is 2.16. The van der Waals surface area contributed by atoms with E-state index in [1.807, 2.05) is 18.3 Å². The quantitative estimate of drug-likeness (QED) is 0.681. The lowest BCUT2D eigenvalue weighted by Gasteiger charge is -1.97. The predicted octanol–water partition coefficient (Wildman–Crippen LogP) is 2.24. The number of benzene rings is 1. The van der Waals surface area contributed by atoms with Crippen molar-refractivity contribution in [2.24, 2.45) is 0 Å². The normalized spacial score (nSPS) is 10.8. The van der Waals surface area contributed by atoms with Gasteiger partial charge in [0, 0.05) is 18.1 Å². The van der Waals surface area contributed by atoms with Crippen LogP contribution in [0.4, 0.5) is 5.69 Å². The number of aryl methyl sites for hydroxylation is 1. The molecule has 2 heteroatoms. The summed E-state index contributed by atoms with van der Waals surface area (Å²) in [5.41, 5.74) is 7.92. The van der Waals surface area contributed by atoms with Crippen LogP contribution in [-0.4, -0.2) is 4.57 Å². The van der Waals surface area contributed by atoms with Gasteiger partial charge in [-0.2, -0.15) is 0 Å². The van der Waals surface area contributed by atoms with Crippen LogP contribution in [0.3, 0.4) is 0 Å². The standard InChI is InChI=1S/C10H12N2/c1-2-12-7-9(11)8-5-3-4-6-10(8)12/h3-7H,2,11H2,1H3. The molecular weight excluding hydrogens is 148 g/mol. The van der Waals surface area contributed by atoms with E-state index >= 15 is 0 Å². The molecule has 0 bridgehead atoms. The minimum atomic E-state index is 0.868.